The van der Waals surface area contributed by atoms with Gasteiger partial charge in [-0.05, 0) is 19.8 Å². The van der Waals surface area contributed by atoms with Gasteiger partial charge in [-0.2, -0.15) is 12.6 Å². The maximum atomic E-state index is 12.3. The molecule has 0 heterocycles. The molecule has 144 valence electrons. The van der Waals surface area contributed by atoms with Crippen LogP contribution in [0.25, 0.3) is 0 Å². The maximum absolute atomic E-state index is 12.3. The van der Waals surface area contributed by atoms with Crippen LogP contribution in [-0.4, -0.2) is 58.7 Å². The van der Waals surface area contributed by atoms with Crippen LogP contribution in [-0.2, 0) is 19.2 Å². The summed E-state index contributed by atoms with van der Waals surface area (Å²) < 4.78 is 0. The van der Waals surface area contributed by atoms with Gasteiger partial charge in [0.15, 0.2) is 0 Å². The third-order valence-electron chi connectivity index (χ3n) is 3.81. The monoisotopic (exact) mass is 376 g/mol. The van der Waals surface area contributed by atoms with E-state index in [-0.39, 0.29) is 11.7 Å². The summed E-state index contributed by atoms with van der Waals surface area (Å²) in [6.45, 7) is 6.39. The van der Waals surface area contributed by atoms with Gasteiger partial charge in [-0.25, -0.2) is 0 Å². The van der Waals surface area contributed by atoms with Gasteiger partial charge in [0.05, 0.1) is 6.04 Å². The molecule has 0 aliphatic heterocycles. The molecule has 0 aliphatic carbocycles. The highest BCUT2D eigenvalue weighted by Gasteiger charge is 2.30. The predicted octanol–water partition coefficient (Wildman–Crippen LogP) is -1.13. The van der Waals surface area contributed by atoms with Gasteiger partial charge < -0.3 is 26.8 Å². The first kappa shape index (κ1) is 23.2. The zero-order chi connectivity index (χ0) is 19.7. The second-order valence-electron chi connectivity index (χ2n) is 5.96. The predicted molar refractivity (Wildman–Crippen MR) is 96.1 cm³/mol. The van der Waals surface area contributed by atoms with Gasteiger partial charge in [-0.3, -0.25) is 19.2 Å². The lowest BCUT2D eigenvalue weighted by molar-refractivity contribution is -0.142. The number of nitrogens with two attached hydrogens (primary N) is 1. The average molecular weight is 376 g/mol. The fourth-order valence-corrected chi connectivity index (χ4v) is 1.98. The largest absolute Gasteiger partial charge is 0.480 e. The summed E-state index contributed by atoms with van der Waals surface area (Å²) in [5.41, 5.74) is 5.53. The molecular formula is C15H28N4O5S. The molecule has 3 amide bonds. The molecule has 0 spiro atoms. The van der Waals surface area contributed by atoms with E-state index in [2.05, 4.69) is 28.6 Å². The summed E-state index contributed by atoms with van der Waals surface area (Å²) >= 11 is 3.91. The van der Waals surface area contributed by atoms with Crippen molar-refractivity contribution < 1.29 is 24.3 Å². The van der Waals surface area contributed by atoms with Crippen molar-refractivity contribution in [2.24, 2.45) is 11.7 Å². The number of thiol groups is 1. The second-order valence-corrected chi connectivity index (χ2v) is 6.32. The van der Waals surface area contributed by atoms with Gasteiger partial charge in [0.25, 0.3) is 0 Å². The summed E-state index contributed by atoms with van der Waals surface area (Å²) in [6, 6.07) is -3.75. The van der Waals surface area contributed by atoms with Crippen molar-refractivity contribution in [2.75, 3.05) is 5.75 Å². The van der Waals surface area contributed by atoms with Crippen molar-refractivity contribution in [1.29, 1.82) is 0 Å². The number of hydrogen-bond donors (Lipinski definition) is 6. The van der Waals surface area contributed by atoms with Gasteiger partial charge in [0.2, 0.25) is 17.7 Å². The lowest BCUT2D eigenvalue weighted by Gasteiger charge is -2.26. The number of hydrogen-bond acceptors (Lipinski definition) is 6. The van der Waals surface area contributed by atoms with Crippen LogP contribution in [0.3, 0.4) is 0 Å². The van der Waals surface area contributed by atoms with Crippen LogP contribution in [0.15, 0.2) is 0 Å². The van der Waals surface area contributed by atoms with Crippen molar-refractivity contribution in [3.8, 4) is 0 Å². The molecule has 25 heavy (non-hydrogen) atoms. The highest BCUT2D eigenvalue weighted by Crippen LogP contribution is 2.09. The number of carbonyl (C=O) groups excluding carboxylic acids is 3. The molecule has 0 aromatic heterocycles. The van der Waals surface area contributed by atoms with Gasteiger partial charge in [0, 0.05) is 5.75 Å². The second kappa shape index (κ2) is 10.9. The summed E-state index contributed by atoms with van der Waals surface area (Å²) in [7, 11) is 0. The Morgan fingerprint density at radius 3 is 1.92 bits per heavy atom. The zero-order valence-corrected chi connectivity index (χ0v) is 15.8. The van der Waals surface area contributed by atoms with Crippen LogP contribution in [0.1, 0.15) is 34.1 Å². The van der Waals surface area contributed by atoms with E-state index >= 15 is 0 Å². The molecule has 0 saturated heterocycles. The van der Waals surface area contributed by atoms with E-state index < -0.39 is 47.9 Å². The van der Waals surface area contributed by atoms with Crippen LogP contribution in [0.4, 0.5) is 0 Å². The molecule has 0 rings (SSSR count). The Hall–Kier alpha value is -1.81. The first-order valence-corrected chi connectivity index (χ1v) is 8.68. The molecular weight excluding hydrogens is 348 g/mol. The first-order valence-electron chi connectivity index (χ1n) is 8.05. The average Bonchev–Trinajstić information content (AvgIpc) is 2.57. The molecule has 6 N–H and O–H groups in total. The van der Waals surface area contributed by atoms with Crippen LogP contribution in [0.2, 0.25) is 0 Å². The van der Waals surface area contributed by atoms with Crippen molar-refractivity contribution in [2.45, 2.75) is 58.3 Å². The third-order valence-corrected chi connectivity index (χ3v) is 4.20. The fourth-order valence-electron chi connectivity index (χ4n) is 1.81. The number of rotatable bonds is 10. The molecule has 9 nitrogen and oxygen atoms in total. The molecule has 0 fully saturated rings. The van der Waals surface area contributed by atoms with E-state index in [0.29, 0.717) is 6.42 Å². The topological polar surface area (TPSA) is 151 Å². The molecule has 5 atom stereocenters. The van der Waals surface area contributed by atoms with E-state index in [1.165, 1.54) is 13.8 Å². The van der Waals surface area contributed by atoms with Crippen molar-refractivity contribution in [3.63, 3.8) is 0 Å². The number of amides is 3. The molecule has 10 heteroatoms. The molecule has 0 aromatic rings. The smallest absolute Gasteiger partial charge is 0.325 e. The van der Waals surface area contributed by atoms with Crippen molar-refractivity contribution in [1.82, 2.24) is 16.0 Å². The Morgan fingerprint density at radius 1 is 0.960 bits per heavy atom. The fraction of sp³-hybridized carbons (Fsp3) is 0.733. The van der Waals surface area contributed by atoms with Gasteiger partial charge in [0.1, 0.15) is 18.1 Å². The Labute approximate surface area is 152 Å². The SMILES string of the molecule is CCC(C)C(NC(=O)C(C)NC(=O)C(N)CS)C(=O)NC(C)C(=O)O. The highest BCUT2D eigenvalue weighted by molar-refractivity contribution is 7.80. The van der Waals surface area contributed by atoms with E-state index in [1.807, 2.05) is 6.92 Å². The molecule has 0 radical (unpaired) electrons. The van der Waals surface area contributed by atoms with Crippen LogP contribution < -0.4 is 21.7 Å². The number of nitrogens with one attached hydrogen (secondary N) is 3. The summed E-state index contributed by atoms with van der Waals surface area (Å²) in [6.07, 6.45) is 0.588. The lowest BCUT2D eigenvalue weighted by atomic mass is 9.97. The summed E-state index contributed by atoms with van der Waals surface area (Å²) in [4.78, 5) is 47.1. The van der Waals surface area contributed by atoms with Crippen LogP contribution >= 0.6 is 12.6 Å². The quantitative estimate of drug-likeness (QED) is 0.266. The number of aliphatic carboxylic acids is 1. The molecule has 0 bridgehead atoms. The Kier molecular flexibility index (Phi) is 10.1. The van der Waals surface area contributed by atoms with Crippen LogP contribution in [0.5, 0.6) is 0 Å². The maximum Gasteiger partial charge on any atom is 0.325 e. The van der Waals surface area contributed by atoms with E-state index in [4.69, 9.17) is 10.8 Å². The minimum atomic E-state index is -1.18. The van der Waals surface area contributed by atoms with Crippen molar-refractivity contribution >= 4 is 36.3 Å². The first-order chi connectivity index (χ1) is 11.5. The van der Waals surface area contributed by atoms with Crippen LogP contribution in [0, 0.1) is 5.92 Å². The Balaban J connectivity index is 4.96. The molecule has 0 saturated carbocycles. The minimum Gasteiger partial charge on any atom is -0.480 e. The lowest BCUT2D eigenvalue weighted by Crippen LogP contribution is -2.57. The zero-order valence-electron chi connectivity index (χ0n) is 14.9. The Morgan fingerprint density at radius 2 is 1.48 bits per heavy atom. The third kappa shape index (κ3) is 7.74. The molecule has 0 aromatic carbocycles. The van der Waals surface area contributed by atoms with Gasteiger partial charge >= 0.3 is 5.97 Å². The van der Waals surface area contributed by atoms with Crippen molar-refractivity contribution in [3.05, 3.63) is 0 Å². The number of carboxylic acid groups (broad SMARTS) is 1. The molecule has 5 unspecified atom stereocenters. The minimum absolute atomic E-state index is 0.130. The van der Waals surface area contributed by atoms with E-state index in [9.17, 15) is 19.2 Å². The number of carboxylic acids is 1. The summed E-state index contributed by atoms with van der Waals surface area (Å²) in [5, 5.41) is 16.2. The van der Waals surface area contributed by atoms with Gasteiger partial charge in [-0.15, -0.1) is 0 Å². The molecule has 0 aliphatic rings. The number of carbonyl (C=O) groups is 4. The summed E-state index contributed by atoms with van der Waals surface area (Å²) in [5.74, 6) is -2.96. The standard InChI is InChI=1S/C15H28N4O5S/c1-5-7(2)11(14(22)18-9(4)15(23)24)19-12(20)8(3)17-13(21)10(16)6-25/h7-11,25H,5-6,16H2,1-4H3,(H,17,21)(H,18,22)(H,19,20)(H,23,24). The highest BCUT2D eigenvalue weighted by atomic mass is 32.1. The van der Waals surface area contributed by atoms with Gasteiger partial charge in [-0.1, -0.05) is 20.3 Å². The van der Waals surface area contributed by atoms with E-state index in [1.54, 1.807) is 6.92 Å². The Bertz CT molecular complexity index is 502. The van der Waals surface area contributed by atoms with E-state index in [0.717, 1.165) is 0 Å². The normalized spacial score (nSPS) is 16.7.